The first-order valence-electron chi connectivity index (χ1n) is 6.80. The number of anilines is 1. The third kappa shape index (κ3) is 2.80. The molecule has 2 saturated heterocycles. The maximum atomic E-state index is 12.6. The number of halogens is 4. The van der Waals surface area contributed by atoms with E-state index in [1.807, 2.05) is 0 Å². The molecule has 0 radical (unpaired) electrons. The van der Waals surface area contributed by atoms with Crippen LogP contribution >= 0.6 is 11.6 Å². The third-order valence-electron chi connectivity index (χ3n) is 3.98. The molecule has 0 aromatic carbocycles. The number of fused-ring (bicyclic) bond motifs is 2. The van der Waals surface area contributed by atoms with Crippen LogP contribution in [0.1, 0.15) is 5.56 Å². The highest BCUT2D eigenvalue weighted by Crippen LogP contribution is 2.38. The monoisotopic (exact) mass is 371 g/mol. The summed E-state index contributed by atoms with van der Waals surface area (Å²) in [5.74, 6) is -0.306. The average molecular weight is 372 g/mol. The van der Waals surface area contributed by atoms with Crippen molar-refractivity contribution in [3.8, 4) is 0 Å². The summed E-state index contributed by atoms with van der Waals surface area (Å²) in [6, 6.07) is -1.07. The molecule has 134 valence electrons. The Bertz CT molecular complexity index is 636. The first-order valence-corrected chi connectivity index (χ1v) is 7.18. The minimum absolute atomic E-state index is 0.154. The fourth-order valence-electron chi connectivity index (χ4n) is 2.62. The van der Waals surface area contributed by atoms with Gasteiger partial charge in [0, 0.05) is 6.20 Å². The molecule has 0 spiro atoms. The Morgan fingerprint density at radius 3 is 2.71 bits per heavy atom. The van der Waals surface area contributed by atoms with Gasteiger partial charge in [0.05, 0.1) is 13.2 Å². The van der Waals surface area contributed by atoms with Crippen molar-refractivity contribution >= 4 is 17.5 Å². The van der Waals surface area contributed by atoms with Crippen molar-refractivity contribution in [1.29, 1.82) is 0 Å². The maximum Gasteiger partial charge on any atom is 0.420 e. The molecule has 1 aromatic rings. The van der Waals surface area contributed by atoms with Gasteiger partial charge >= 0.3 is 6.18 Å². The van der Waals surface area contributed by atoms with Crippen LogP contribution in [0.4, 0.5) is 19.1 Å². The average Bonchev–Trinajstić information content (AvgIpc) is 2.91. The van der Waals surface area contributed by atoms with Gasteiger partial charge in [0.25, 0.3) is 0 Å². The predicted molar refractivity (Wildman–Crippen MR) is 72.1 cm³/mol. The van der Waals surface area contributed by atoms with Crippen LogP contribution in [0, 0.1) is 0 Å². The van der Waals surface area contributed by atoms with Gasteiger partial charge in [0.2, 0.25) is 5.95 Å². The summed E-state index contributed by atoms with van der Waals surface area (Å²) in [6.45, 7) is -0.726. The Labute approximate surface area is 138 Å². The summed E-state index contributed by atoms with van der Waals surface area (Å²) in [5.41, 5.74) is -2.65. The van der Waals surface area contributed by atoms with E-state index in [2.05, 4.69) is 15.3 Å². The Kier molecular flexibility index (Phi) is 4.35. The maximum absolute atomic E-state index is 12.6. The van der Waals surface area contributed by atoms with Crippen LogP contribution in [0.3, 0.4) is 0 Å². The van der Waals surface area contributed by atoms with E-state index >= 15 is 0 Å². The molecule has 0 aliphatic carbocycles. The van der Waals surface area contributed by atoms with Crippen LogP contribution in [0.25, 0.3) is 0 Å². The van der Waals surface area contributed by atoms with Crippen LogP contribution in [0.15, 0.2) is 6.20 Å². The molecular formula is C12H13ClF3N3O5. The number of aromatic nitrogens is 2. The Balaban J connectivity index is 1.81. The number of rotatable bonds is 3. The minimum Gasteiger partial charge on any atom is -0.393 e. The second-order valence-corrected chi connectivity index (χ2v) is 5.88. The lowest BCUT2D eigenvalue weighted by Crippen LogP contribution is -2.64. The standard InChI is InChI=1S/C12H13ClF3N3O5/c13-8-4(12(14,15)16)1-17-10(19-8)18-5-6(21)7(22)11(2-20)3-23-9(5)24-11/h1,5-7,9,20-22H,2-3H2,(H,17,18,19)/t5-,6-,7-,9+,11+/m1/s1. The molecule has 8 nitrogen and oxygen atoms in total. The lowest BCUT2D eigenvalue weighted by Gasteiger charge is -2.41. The molecule has 0 amide bonds. The first-order chi connectivity index (χ1) is 11.2. The van der Waals surface area contributed by atoms with Crippen LogP contribution in [-0.2, 0) is 15.7 Å². The van der Waals surface area contributed by atoms with Crippen molar-refractivity contribution in [2.45, 2.75) is 36.3 Å². The molecule has 0 unspecified atom stereocenters. The Morgan fingerprint density at radius 2 is 2.12 bits per heavy atom. The number of nitrogens with one attached hydrogen (secondary N) is 1. The largest absolute Gasteiger partial charge is 0.420 e. The molecule has 12 heteroatoms. The molecule has 2 aliphatic rings. The number of alkyl halides is 3. The number of ether oxygens (including phenoxy) is 2. The first kappa shape index (κ1) is 17.6. The lowest BCUT2D eigenvalue weighted by atomic mass is 9.88. The quantitative estimate of drug-likeness (QED) is 0.538. The van der Waals surface area contributed by atoms with Crippen molar-refractivity contribution in [3.05, 3.63) is 16.9 Å². The molecule has 3 rings (SSSR count). The minimum atomic E-state index is -4.70. The number of hydrogen-bond acceptors (Lipinski definition) is 8. The second kappa shape index (κ2) is 5.93. The van der Waals surface area contributed by atoms with Gasteiger partial charge in [0.1, 0.15) is 34.6 Å². The molecule has 2 fully saturated rings. The highest BCUT2D eigenvalue weighted by Gasteiger charge is 2.59. The van der Waals surface area contributed by atoms with Crippen molar-refractivity contribution < 1.29 is 38.0 Å². The lowest BCUT2D eigenvalue weighted by molar-refractivity contribution is -0.224. The molecule has 2 aliphatic heterocycles. The predicted octanol–water partition coefficient (Wildman–Crippen LogP) is -0.231. The van der Waals surface area contributed by atoms with Crippen LogP contribution in [-0.4, -0.2) is 68.6 Å². The number of aliphatic hydroxyl groups excluding tert-OH is 3. The summed E-state index contributed by atoms with van der Waals surface area (Å²) in [5, 5.41) is 31.3. The summed E-state index contributed by atoms with van der Waals surface area (Å²) in [4.78, 5) is 6.98. The zero-order valence-corrected chi connectivity index (χ0v) is 12.6. The molecule has 4 N–H and O–H groups in total. The van der Waals surface area contributed by atoms with E-state index < -0.39 is 53.6 Å². The highest BCUT2D eigenvalue weighted by atomic mass is 35.5. The third-order valence-corrected chi connectivity index (χ3v) is 4.27. The van der Waals surface area contributed by atoms with Crippen molar-refractivity contribution in [1.82, 2.24) is 9.97 Å². The zero-order valence-electron chi connectivity index (χ0n) is 11.9. The molecule has 2 bridgehead atoms. The SMILES string of the molecule is OC[C@@]12CO[C@@H](O1)[C@H](Nc1ncc(C(F)(F)F)c(Cl)n1)[C@@H](O)[C@H]2O. The Morgan fingerprint density at radius 1 is 1.42 bits per heavy atom. The molecule has 3 heterocycles. The zero-order chi connectivity index (χ0) is 17.7. The van der Waals surface area contributed by atoms with Crippen molar-refractivity contribution in [2.75, 3.05) is 18.5 Å². The van der Waals surface area contributed by atoms with Gasteiger partial charge in [-0.05, 0) is 0 Å². The summed E-state index contributed by atoms with van der Waals surface area (Å²) >= 11 is 5.50. The summed E-state index contributed by atoms with van der Waals surface area (Å²) in [7, 11) is 0. The molecule has 24 heavy (non-hydrogen) atoms. The van der Waals surface area contributed by atoms with Crippen LogP contribution < -0.4 is 5.32 Å². The van der Waals surface area contributed by atoms with Gasteiger partial charge in [-0.2, -0.15) is 13.2 Å². The fraction of sp³-hybridized carbons (Fsp3) is 0.667. The van der Waals surface area contributed by atoms with Gasteiger partial charge in [-0.1, -0.05) is 11.6 Å². The number of nitrogens with zero attached hydrogens (tertiary/aromatic N) is 2. The van der Waals surface area contributed by atoms with E-state index in [4.69, 9.17) is 21.1 Å². The summed E-state index contributed by atoms with van der Waals surface area (Å²) < 4.78 is 48.6. The Hall–Kier alpha value is -1.24. The van der Waals surface area contributed by atoms with E-state index in [1.165, 1.54) is 0 Å². The van der Waals surface area contributed by atoms with Crippen molar-refractivity contribution in [2.24, 2.45) is 0 Å². The van der Waals surface area contributed by atoms with E-state index in [0.717, 1.165) is 0 Å². The molecule has 1 aromatic heterocycles. The highest BCUT2D eigenvalue weighted by molar-refractivity contribution is 6.30. The van der Waals surface area contributed by atoms with Crippen molar-refractivity contribution in [3.63, 3.8) is 0 Å². The van der Waals surface area contributed by atoms with E-state index in [-0.39, 0.29) is 12.6 Å². The van der Waals surface area contributed by atoms with E-state index in [0.29, 0.717) is 6.20 Å². The topological polar surface area (TPSA) is 117 Å². The molecule has 0 saturated carbocycles. The second-order valence-electron chi connectivity index (χ2n) is 5.52. The van der Waals surface area contributed by atoms with Gasteiger partial charge in [-0.3, -0.25) is 0 Å². The van der Waals surface area contributed by atoms with Crippen LogP contribution in [0.2, 0.25) is 5.15 Å². The molecule has 5 atom stereocenters. The number of hydrogen-bond donors (Lipinski definition) is 4. The van der Waals surface area contributed by atoms with Gasteiger partial charge < -0.3 is 30.1 Å². The van der Waals surface area contributed by atoms with Crippen LogP contribution in [0.5, 0.6) is 0 Å². The molecular weight excluding hydrogens is 359 g/mol. The fourth-order valence-corrected chi connectivity index (χ4v) is 2.86. The smallest absolute Gasteiger partial charge is 0.393 e. The van der Waals surface area contributed by atoms with Gasteiger partial charge in [0.15, 0.2) is 6.29 Å². The van der Waals surface area contributed by atoms with E-state index in [1.54, 1.807) is 0 Å². The number of aliphatic hydroxyl groups is 3. The normalized spacial score (nSPS) is 36.0. The van der Waals surface area contributed by atoms with Gasteiger partial charge in [-0.25, -0.2) is 9.97 Å². The van der Waals surface area contributed by atoms with Gasteiger partial charge in [-0.15, -0.1) is 0 Å². The summed E-state index contributed by atoms with van der Waals surface area (Å²) in [6.07, 6.45) is -8.18. The van der Waals surface area contributed by atoms with E-state index in [9.17, 15) is 28.5 Å².